The summed E-state index contributed by atoms with van der Waals surface area (Å²) < 4.78 is 5.31. The van der Waals surface area contributed by atoms with Gasteiger partial charge in [0.25, 0.3) is 0 Å². The van der Waals surface area contributed by atoms with E-state index < -0.39 is 0 Å². The predicted octanol–water partition coefficient (Wildman–Crippen LogP) is 1.86. The Balaban J connectivity index is 1.61. The average molecular weight is 292 g/mol. The number of nitrogens with zero attached hydrogens (tertiary/aromatic N) is 2. The summed E-state index contributed by atoms with van der Waals surface area (Å²) in [5.74, 6) is 1.87. The van der Waals surface area contributed by atoms with E-state index in [4.69, 9.17) is 4.42 Å². The number of hydrogen-bond acceptors (Lipinski definition) is 3. The molecule has 0 bridgehead atoms. The molecule has 1 unspecified atom stereocenters. The topological polar surface area (TPSA) is 52.8 Å². The summed E-state index contributed by atoms with van der Waals surface area (Å²) >= 11 is 0. The van der Waals surface area contributed by atoms with E-state index in [2.05, 4.69) is 27.4 Å². The van der Waals surface area contributed by atoms with Gasteiger partial charge in [-0.15, -0.1) is 0 Å². The van der Waals surface area contributed by atoms with Gasteiger partial charge >= 0.3 is 0 Å². The SMILES string of the molecule is CN=C(NCCc1ccco1)NCCN1CCCCC1C. The summed E-state index contributed by atoms with van der Waals surface area (Å²) in [6.07, 6.45) is 6.62. The molecule has 2 heterocycles. The molecule has 1 fully saturated rings. The summed E-state index contributed by atoms with van der Waals surface area (Å²) in [6.45, 7) is 6.40. The first-order valence-corrected chi connectivity index (χ1v) is 8.00. The molecule has 1 saturated heterocycles. The lowest BCUT2D eigenvalue weighted by atomic mass is 10.0. The number of furan rings is 1. The fourth-order valence-corrected chi connectivity index (χ4v) is 2.79. The molecule has 1 aliphatic rings. The van der Waals surface area contributed by atoms with E-state index in [1.807, 2.05) is 19.2 Å². The zero-order chi connectivity index (χ0) is 14.9. The fourth-order valence-electron chi connectivity index (χ4n) is 2.79. The van der Waals surface area contributed by atoms with Gasteiger partial charge in [0.05, 0.1) is 6.26 Å². The molecule has 21 heavy (non-hydrogen) atoms. The minimum Gasteiger partial charge on any atom is -0.469 e. The Bertz CT molecular complexity index is 416. The molecule has 1 atom stereocenters. The lowest BCUT2D eigenvalue weighted by molar-refractivity contribution is 0.163. The van der Waals surface area contributed by atoms with Crippen LogP contribution in [-0.2, 0) is 6.42 Å². The molecule has 2 N–H and O–H groups in total. The average Bonchev–Trinajstić information content (AvgIpc) is 3.01. The molecule has 0 spiro atoms. The number of aliphatic imine (C=N–C) groups is 1. The van der Waals surface area contributed by atoms with Crippen molar-refractivity contribution >= 4 is 5.96 Å². The molecule has 0 saturated carbocycles. The molecule has 0 aliphatic carbocycles. The Kier molecular flexibility index (Phi) is 6.60. The lowest BCUT2D eigenvalue weighted by Gasteiger charge is -2.33. The van der Waals surface area contributed by atoms with Gasteiger partial charge < -0.3 is 15.1 Å². The summed E-state index contributed by atoms with van der Waals surface area (Å²) in [6, 6.07) is 4.63. The summed E-state index contributed by atoms with van der Waals surface area (Å²) in [7, 11) is 1.81. The minimum atomic E-state index is 0.717. The zero-order valence-electron chi connectivity index (χ0n) is 13.3. The Morgan fingerprint density at radius 3 is 2.95 bits per heavy atom. The number of likely N-dealkylation sites (tertiary alicyclic amines) is 1. The summed E-state index contributed by atoms with van der Waals surface area (Å²) in [4.78, 5) is 6.82. The van der Waals surface area contributed by atoms with E-state index in [-0.39, 0.29) is 0 Å². The van der Waals surface area contributed by atoms with Crippen molar-refractivity contribution in [3.8, 4) is 0 Å². The number of nitrogens with one attached hydrogen (secondary N) is 2. The van der Waals surface area contributed by atoms with Crippen LogP contribution < -0.4 is 10.6 Å². The number of piperidine rings is 1. The van der Waals surface area contributed by atoms with Crippen LogP contribution in [0.3, 0.4) is 0 Å². The van der Waals surface area contributed by atoms with Crippen LogP contribution in [0.5, 0.6) is 0 Å². The molecule has 1 aromatic rings. The molecule has 5 heteroatoms. The molecule has 0 aromatic carbocycles. The van der Waals surface area contributed by atoms with E-state index in [9.17, 15) is 0 Å². The number of guanidine groups is 1. The van der Waals surface area contributed by atoms with Crippen molar-refractivity contribution in [2.45, 2.75) is 38.6 Å². The Hall–Kier alpha value is -1.49. The van der Waals surface area contributed by atoms with Gasteiger partial charge in [-0.2, -0.15) is 0 Å². The van der Waals surface area contributed by atoms with Crippen molar-refractivity contribution in [3.63, 3.8) is 0 Å². The third-order valence-electron chi connectivity index (χ3n) is 4.10. The minimum absolute atomic E-state index is 0.717. The third kappa shape index (κ3) is 5.42. The zero-order valence-corrected chi connectivity index (χ0v) is 13.3. The summed E-state index contributed by atoms with van der Waals surface area (Å²) in [5.41, 5.74) is 0. The second-order valence-electron chi connectivity index (χ2n) is 5.64. The maximum absolute atomic E-state index is 5.31. The summed E-state index contributed by atoms with van der Waals surface area (Å²) in [5, 5.41) is 6.70. The smallest absolute Gasteiger partial charge is 0.191 e. The van der Waals surface area contributed by atoms with Crippen LogP contribution in [0.2, 0.25) is 0 Å². The second-order valence-corrected chi connectivity index (χ2v) is 5.64. The van der Waals surface area contributed by atoms with E-state index in [0.29, 0.717) is 0 Å². The first kappa shape index (κ1) is 15.9. The van der Waals surface area contributed by atoms with Crippen molar-refractivity contribution in [1.82, 2.24) is 15.5 Å². The molecular formula is C16H28N4O. The highest BCUT2D eigenvalue weighted by atomic mass is 16.3. The maximum atomic E-state index is 5.31. The van der Waals surface area contributed by atoms with Gasteiger partial charge in [-0.1, -0.05) is 6.42 Å². The second kappa shape index (κ2) is 8.72. The Labute approximate surface area is 127 Å². The van der Waals surface area contributed by atoms with Gasteiger partial charge in [0.15, 0.2) is 5.96 Å². The van der Waals surface area contributed by atoms with Gasteiger partial charge in [0, 0.05) is 39.1 Å². The van der Waals surface area contributed by atoms with E-state index in [1.54, 1.807) is 6.26 Å². The quantitative estimate of drug-likeness (QED) is 0.621. The molecule has 0 radical (unpaired) electrons. The number of hydrogen-bond donors (Lipinski definition) is 2. The van der Waals surface area contributed by atoms with Crippen LogP contribution in [-0.4, -0.2) is 50.1 Å². The lowest BCUT2D eigenvalue weighted by Crippen LogP contribution is -2.45. The first-order valence-electron chi connectivity index (χ1n) is 8.00. The Morgan fingerprint density at radius 1 is 1.38 bits per heavy atom. The molecule has 2 rings (SSSR count). The first-order chi connectivity index (χ1) is 10.3. The standard InChI is InChI=1S/C16H28N4O/c1-14-6-3-4-11-20(14)12-10-19-16(17-2)18-9-8-15-7-5-13-21-15/h5,7,13-14H,3-4,6,8-12H2,1-2H3,(H2,17,18,19). The molecular weight excluding hydrogens is 264 g/mol. The molecule has 0 amide bonds. The van der Waals surface area contributed by atoms with E-state index in [1.165, 1.54) is 25.8 Å². The highest BCUT2D eigenvalue weighted by Crippen LogP contribution is 2.15. The maximum Gasteiger partial charge on any atom is 0.191 e. The normalized spacial score (nSPS) is 20.5. The van der Waals surface area contributed by atoms with Crippen molar-refractivity contribution in [1.29, 1.82) is 0 Å². The van der Waals surface area contributed by atoms with Crippen LogP contribution in [0.25, 0.3) is 0 Å². The van der Waals surface area contributed by atoms with Gasteiger partial charge in [0.2, 0.25) is 0 Å². The molecule has 1 aliphatic heterocycles. The highest BCUT2D eigenvalue weighted by molar-refractivity contribution is 5.79. The van der Waals surface area contributed by atoms with E-state index in [0.717, 1.165) is 43.8 Å². The monoisotopic (exact) mass is 292 g/mol. The van der Waals surface area contributed by atoms with Crippen molar-refractivity contribution in [3.05, 3.63) is 24.2 Å². The van der Waals surface area contributed by atoms with Crippen LogP contribution in [0.1, 0.15) is 31.9 Å². The van der Waals surface area contributed by atoms with Crippen LogP contribution in [0, 0.1) is 0 Å². The van der Waals surface area contributed by atoms with Crippen molar-refractivity contribution < 1.29 is 4.42 Å². The largest absolute Gasteiger partial charge is 0.469 e. The molecule has 1 aromatic heterocycles. The van der Waals surface area contributed by atoms with Gasteiger partial charge in [-0.05, 0) is 38.4 Å². The molecule has 5 nitrogen and oxygen atoms in total. The van der Waals surface area contributed by atoms with Crippen molar-refractivity contribution in [2.75, 3.05) is 33.2 Å². The van der Waals surface area contributed by atoms with Gasteiger partial charge in [0.1, 0.15) is 5.76 Å². The van der Waals surface area contributed by atoms with Crippen molar-refractivity contribution in [2.24, 2.45) is 4.99 Å². The van der Waals surface area contributed by atoms with Crippen LogP contribution >= 0.6 is 0 Å². The number of rotatable bonds is 6. The van der Waals surface area contributed by atoms with Gasteiger partial charge in [-0.3, -0.25) is 9.89 Å². The van der Waals surface area contributed by atoms with Crippen LogP contribution in [0.15, 0.2) is 27.8 Å². The van der Waals surface area contributed by atoms with Gasteiger partial charge in [-0.25, -0.2) is 0 Å². The van der Waals surface area contributed by atoms with E-state index >= 15 is 0 Å². The molecule has 118 valence electrons. The third-order valence-corrected chi connectivity index (χ3v) is 4.10. The highest BCUT2D eigenvalue weighted by Gasteiger charge is 2.17. The Morgan fingerprint density at radius 2 is 2.24 bits per heavy atom. The van der Waals surface area contributed by atoms with Crippen LogP contribution in [0.4, 0.5) is 0 Å². The fraction of sp³-hybridized carbons (Fsp3) is 0.688. The predicted molar refractivity (Wildman–Crippen MR) is 86.7 cm³/mol.